The van der Waals surface area contributed by atoms with E-state index in [2.05, 4.69) is 66.7 Å². The van der Waals surface area contributed by atoms with Gasteiger partial charge in [-0.15, -0.1) is 15.0 Å². The molecule has 0 unspecified atom stereocenters. The van der Waals surface area contributed by atoms with E-state index >= 15 is 0 Å². The Bertz CT molecular complexity index is 1710. The minimum absolute atomic E-state index is 0.110. The van der Waals surface area contributed by atoms with E-state index in [1.807, 2.05) is 24.3 Å². The summed E-state index contributed by atoms with van der Waals surface area (Å²) in [6.07, 6.45) is 0.953. The van der Waals surface area contributed by atoms with E-state index in [0.717, 1.165) is 23.1 Å². The van der Waals surface area contributed by atoms with E-state index in [4.69, 9.17) is 14.6 Å². The highest BCUT2D eigenvalue weighted by Crippen LogP contribution is 2.44. The molecule has 0 saturated carbocycles. The van der Waals surface area contributed by atoms with Crippen LogP contribution in [-0.2, 0) is 17.9 Å². The van der Waals surface area contributed by atoms with Crippen molar-refractivity contribution in [2.45, 2.75) is 65.7 Å². The van der Waals surface area contributed by atoms with Gasteiger partial charge in [0, 0.05) is 24.1 Å². The van der Waals surface area contributed by atoms with Crippen molar-refractivity contribution in [1.29, 1.82) is 0 Å². The summed E-state index contributed by atoms with van der Waals surface area (Å²) in [4.78, 5) is 13.5. The molecule has 0 aliphatic carbocycles. The number of aryl methyl sites for hydroxylation is 1. The smallest absolute Gasteiger partial charge is 0.419 e. The van der Waals surface area contributed by atoms with Crippen LogP contribution in [0.4, 0.5) is 0 Å². The van der Waals surface area contributed by atoms with Gasteiger partial charge in [0.2, 0.25) is 0 Å². The summed E-state index contributed by atoms with van der Waals surface area (Å²) >= 11 is 0. The second-order valence-corrected chi connectivity index (χ2v) is 12.7. The Hall–Kier alpha value is -3.87. The van der Waals surface area contributed by atoms with Crippen molar-refractivity contribution in [1.82, 2.24) is 19.6 Å². The summed E-state index contributed by atoms with van der Waals surface area (Å²) in [6, 6.07) is 17.9. The Labute approximate surface area is 222 Å². The summed E-state index contributed by atoms with van der Waals surface area (Å²) < 4.78 is 6.80. The molecule has 0 saturated heterocycles. The molecule has 0 bridgehead atoms. The van der Waals surface area contributed by atoms with Crippen LogP contribution in [0.5, 0.6) is 5.75 Å². The molecule has 2 heterocycles. The van der Waals surface area contributed by atoms with Gasteiger partial charge in [-0.2, -0.15) is 0 Å². The number of benzene rings is 3. The second kappa shape index (κ2) is 8.58. The van der Waals surface area contributed by atoms with Gasteiger partial charge in [0.25, 0.3) is 0 Å². The van der Waals surface area contributed by atoms with Crippen LogP contribution in [-0.4, -0.2) is 24.7 Å². The number of hydrogen-bond acceptors (Lipinski definition) is 5. The maximum absolute atomic E-state index is 12.0. The lowest BCUT2D eigenvalue weighted by molar-refractivity contribution is 0.283. The van der Waals surface area contributed by atoms with Crippen molar-refractivity contribution in [3.05, 3.63) is 81.8 Å². The van der Waals surface area contributed by atoms with Gasteiger partial charge in [-0.3, -0.25) is 4.57 Å². The Morgan fingerprint density at radius 2 is 1.50 bits per heavy atom. The molecule has 38 heavy (non-hydrogen) atoms. The lowest BCUT2D eigenvalue weighted by Gasteiger charge is -2.35. The topological polar surface area (TPSA) is 86.1 Å². The van der Waals surface area contributed by atoms with E-state index in [1.165, 1.54) is 9.36 Å². The fourth-order valence-electron chi connectivity index (χ4n) is 5.72. The minimum atomic E-state index is -0.474. The van der Waals surface area contributed by atoms with Gasteiger partial charge in [-0.05, 0) is 40.5 Å². The molecule has 0 amide bonds. The third-order valence-corrected chi connectivity index (χ3v) is 7.52. The van der Waals surface area contributed by atoms with Gasteiger partial charge in [-0.1, -0.05) is 84.9 Å². The Balaban J connectivity index is 1.75. The Morgan fingerprint density at radius 3 is 2.13 bits per heavy atom. The molecule has 0 radical (unpaired) electrons. The van der Waals surface area contributed by atoms with Crippen LogP contribution in [0.1, 0.15) is 71.6 Å². The third kappa shape index (κ3) is 4.40. The Kier molecular flexibility index (Phi) is 5.82. The minimum Gasteiger partial charge on any atom is -0.505 e. The number of aromatic nitrogens is 4. The number of nitrogens with zero attached hydrogens (tertiary/aromatic N) is 4. The van der Waals surface area contributed by atoms with E-state index in [0.29, 0.717) is 27.8 Å². The number of hydrogen-bond donors (Lipinski definition) is 1. The predicted octanol–water partition coefficient (Wildman–Crippen LogP) is 6.61. The fourth-order valence-corrected chi connectivity index (χ4v) is 5.72. The van der Waals surface area contributed by atoms with Crippen molar-refractivity contribution >= 4 is 22.1 Å². The van der Waals surface area contributed by atoms with Crippen LogP contribution in [0.3, 0.4) is 0 Å². The van der Waals surface area contributed by atoms with Crippen molar-refractivity contribution in [3.63, 3.8) is 0 Å². The molecule has 7 nitrogen and oxygen atoms in total. The Morgan fingerprint density at radius 1 is 0.868 bits per heavy atom. The molecule has 0 fully saturated rings. The van der Waals surface area contributed by atoms with Crippen LogP contribution in [0.2, 0.25) is 0 Å². The highest BCUT2D eigenvalue weighted by Gasteiger charge is 2.33. The average Bonchev–Trinajstić information content (AvgIpc) is 3.36. The first kappa shape index (κ1) is 25.8. The van der Waals surface area contributed by atoms with Crippen molar-refractivity contribution in [2.24, 2.45) is 12.5 Å². The van der Waals surface area contributed by atoms with Gasteiger partial charge in [-0.25, -0.2) is 4.79 Å². The summed E-state index contributed by atoms with van der Waals surface area (Å²) in [5, 5.41) is 21.2. The summed E-state index contributed by atoms with van der Waals surface area (Å²) in [7, 11) is 1.66. The summed E-state index contributed by atoms with van der Waals surface area (Å²) in [6.45, 7) is 15.5. The van der Waals surface area contributed by atoms with Crippen LogP contribution in [0.15, 0.2) is 63.8 Å². The number of phenols is 1. The molecule has 2 aromatic heterocycles. The number of aromatic hydroxyl groups is 1. The fraction of sp³-hybridized carbons (Fsp3) is 0.387. The third-order valence-electron chi connectivity index (χ3n) is 7.52. The monoisotopic (exact) mass is 512 g/mol. The normalized spacial score (nSPS) is 13.1. The zero-order valence-electron chi connectivity index (χ0n) is 23.5. The van der Waals surface area contributed by atoms with Crippen molar-refractivity contribution in [3.8, 4) is 11.4 Å². The molecule has 7 heteroatoms. The van der Waals surface area contributed by atoms with Gasteiger partial charge in [0.15, 0.2) is 5.58 Å². The van der Waals surface area contributed by atoms with E-state index < -0.39 is 11.2 Å². The van der Waals surface area contributed by atoms with Crippen LogP contribution in [0.25, 0.3) is 27.8 Å². The van der Waals surface area contributed by atoms with Crippen LogP contribution in [0, 0.1) is 5.41 Å². The first-order chi connectivity index (χ1) is 17.7. The maximum Gasteiger partial charge on any atom is 0.419 e. The molecule has 0 aliphatic heterocycles. The lowest BCUT2D eigenvalue weighted by Crippen LogP contribution is -2.27. The van der Waals surface area contributed by atoms with E-state index in [1.54, 1.807) is 19.2 Å². The van der Waals surface area contributed by atoms with Gasteiger partial charge in [0.1, 0.15) is 22.5 Å². The van der Waals surface area contributed by atoms with Crippen molar-refractivity contribution < 1.29 is 9.52 Å². The molecule has 5 aromatic rings. The van der Waals surface area contributed by atoms with Gasteiger partial charge < -0.3 is 9.52 Å². The number of phenolic OH excluding ortho intramolecular Hbond substituents is 1. The zero-order chi connectivity index (χ0) is 27.6. The van der Waals surface area contributed by atoms with E-state index in [9.17, 15) is 9.90 Å². The molecule has 3 aromatic carbocycles. The molecule has 0 atom stereocenters. The summed E-state index contributed by atoms with van der Waals surface area (Å²) in [5.41, 5.74) is 5.29. The quantitative estimate of drug-likeness (QED) is 0.286. The standard InChI is InChI=1S/C31H36N4O3/c1-29(2,3)18-30(4,5)20-14-21(31(6,7)19-12-10-9-11-13-19)27(36)25(15-20)35-32-22-16-24-26(17-23(22)33-35)38-28(37)34(24)8/h9-17,36H,18H2,1-8H3. The number of fused-ring (bicyclic) bond motifs is 2. The highest BCUT2D eigenvalue weighted by molar-refractivity contribution is 5.90. The molecule has 5 rings (SSSR count). The predicted molar refractivity (Wildman–Crippen MR) is 151 cm³/mol. The molecular weight excluding hydrogens is 476 g/mol. The first-order valence-corrected chi connectivity index (χ1v) is 13.0. The van der Waals surface area contributed by atoms with Crippen molar-refractivity contribution in [2.75, 3.05) is 0 Å². The van der Waals surface area contributed by atoms with E-state index in [-0.39, 0.29) is 16.6 Å². The molecular formula is C31H36N4O3. The zero-order valence-corrected chi connectivity index (χ0v) is 23.5. The molecule has 0 spiro atoms. The second-order valence-electron chi connectivity index (χ2n) is 12.7. The summed E-state index contributed by atoms with van der Waals surface area (Å²) in [5.74, 6) is -0.287. The molecule has 0 aliphatic rings. The SMILES string of the molecule is Cn1c(=O)oc2cc3nn(-c4cc(C(C)(C)CC(C)(C)C)cc(C(C)(C)c5ccccc5)c4O)nc3cc21. The number of oxazole rings is 1. The van der Waals surface area contributed by atoms with Crippen LogP contribution < -0.4 is 5.76 Å². The van der Waals surface area contributed by atoms with Crippen LogP contribution >= 0.6 is 0 Å². The lowest BCUT2D eigenvalue weighted by atomic mass is 9.70. The molecule has 1 N–H and O–H groups in total. The molecule has 198 valence electrons. The largest absolute Gasteiger partial charge is 0.505 e. The maximum atomic E-state index is 12.0. The highest BCUT2D eigenvalue weighted by atomic mass is 16.4. The van der Waals surface area contributed by atoms with Gasteiger partial charge in [0.05, 0.1) is 5.52 Å². The van der Waals surface area contributed by atoms with Gasteiger partial charge >= 0.3 is 5.76 Å². The number of rotatable bonds is 5. The first-order valence-electron chi connectivity index (χ1n) is 13.0. The average molecular weight is 513 g/mol.